The molecule has 17 heteroatoms. The number of hydrogen-bond donors (Lipinski definition) is 6. The summed E-state index contributed by atoms with van der Waals surface area (Å²) in [6, 6.07) is 15.4. The number of aliphatic carboxylic acids is 2. The maximum atomic E-state index is 12.3. The molecule has 0 bridgehead atoms. The summed E-state index contributed by atoms with van der Waals surface area (Å²) in [7, 11) is 0. The van der Waals surface area contributed by atoms with Crippen LogP contribution >= 0.6 is 0 Å². The molecule has 0 saturated heterocycles. The minimum absolute atomic E-state index is 0.0503. The molecule has 1 amide bonds. The van der Waals surface area contributed by atoms with Gasteiger partial charge in [0.1, 0.15) is 11.6 Å². The number of hydrogen-bond acceptors (Lipinski definition) is 6. The second-order valence-electron chi connectivity index (χ2n) is 8.25. The number of aromatic hydroxyl groups is 1. The molecule has 2 aromatic carbocycles. The average Bonchev–Trinajstić information content (AvgIpc) is 2.92. The van der Waals surface area contributed by atoms with Gasteiger partial charge in [0, 0.05) is 29.8 Å². The number of nitrogens with two attached hydrogens (primary N) is 1. The van der Waals surface area contributed by atoms with Gasteiger partial charge < -0.3 is 31.6 Å². The van der Waals surface area contributed by atoms with Crippen molar-refractivity contribution in [2.75, 3.05) is 6.54 Å². The second kappa shape index (κ2) is 15.6. The van der Waals surface area contributed by atoms with Crippen LogP contribution in [0.4, 0.5) is 26.3 Å². The monoisotopic (exact) mass is 618 g/mol. The van der Waals surface area contributed by atoms with Crippen LogP contribution in [0.5, 0.6) is 5.75 Å². The Bertz CT molecular complexity index is 1390. The van der Waals surface area contributed by atoms with E-state index in [1.165, 1.54) is 18.5 Å². The van der Waals surface area contributed by atoms with E-state index in [2.05, 4.69) is 5.32 Å². The van der Waals surface area contributed by atoms with Gasteiger partial charge in [-0.3, -0.25) is 10.2 Å². The number of aromatic nitrogens is 1. The van der Waals surface area contributed by atoms with Crippen LogP contribution in [-0.4, -0.2) is 57.9 Å². The first-order valence-corrected chi connectivity index (χ1v) is 11.7. The molecule has 7 N–H and O–H groups in total. The van der Waals surface area contributed by atoms with Gasteiger partial charge in [-0.25, -0.2) is 9.59 Å². The third-order valence-electron chi connectivity index (χ3n) is 5.07. The van der Waals surface area contributed by atoms with E-state index in [1.807, 2.05) is 12.1 Å². The SMILES string of the molecule is N=C(N)c1ccc(O)c(CCCNC(=O)c2ccc(-c3cc[n+]([O-])cc3)cc2)c1.O=C(O)C(F)(F)F.O=C(O)C(F)(F)F. The molecule has 0 radical (unpaired) electrons. The molecule has 11 nitrogen and oxygen atoms in total. The molecule has 0 saturated carbocycles. The van der Waals surface area contributed by atoms with Crippen LogP contribution in [0, 0.1) is 10.6 Å². The zero-order valence-corrected chi connectivity index (χ0v) is 21.7. The number of rotatable bonds is 7. The van der Waals surface area contributed by atoms with Crippen molar-refractivity contribution in [3.8, 4) is 16.9 Å². The van der Waals surface area contributed by atoms with E-state index >= 15 is 0 Å². The molecule has 43 heavy (non-hydrogen) atoms. The lowest BCUT2D eigenvalue weighted by Gasteiger charge is -2.09. The molecule has 0 fully saturated rings. The van der Waals surface area contributed by atoms with Crippen LogP contribution in [0.15, 0.2) is 67.0 Å². The van der Waals surface area contributed by atoms with Gasteiger partial charge in [-0.1, -0.05) is 12.1 Å². The fraction of sp³-hybridized carbons (Fsp3) is 0.192. The first-order chi connectivity index (χ1) is 19.8. The molecule has 1 heterocycles. The van der Waals surface area contributed by atoms with E-state index < -0.39 is 24.3 Å². The highest BCUT2D eigenvalue weighted by molar-refractivity contribution is 5.95. The van der Waals surface area contributed by atoms with Crippen molar-refractivity contribution in [3.05, 3.63) is 88.9 Å². The molecule has 3 rings (SSSR count). The molecular weight excluding hydrogens is 594 g/mol. The van der Waals surface area contributed by atoms with Gasteiger partial charge in [-0.2, -0.15) is 31.1 Å². The van der Waals surface area contributed by atoms with Crippen molar-refractivity contribution >= 4 is 23.7 Å². The minimum Gasteiger partial charge on any atom is -0.619 e. The predicted molar refractivity (Wildman–Crippen MR) is 138 cm³/mol. The first-order valence-electron chi connectivity index (χ1n) is 11.7. The number of halogens is 6. The number of phenols is 1. The first kappa shape index (κ1) is 35.7. The van der Waals surface area contributed by atoms with Gasteiger partial charge in [0.2, 0.25) is 0 Å². The van der Waals surface area contributed by atoms with Gasteiger partial charge in [-0.15, -0.1) is 0 Å². The summed E-state index contributed by atoms with van der Waals surface area (Å²) in [5.74, 6) is -5.59. The molecule has 1 aromatic heterocycles. The number of carboxylic acid groups (broad SMARTS) is 2. The normalized spacial score (nSPS) is 10.7. The van der Waals surface area contributed by atoms with Crippen molar-refractivity contribution in [1.29, 1.82) is 5.41 Å². The third kappa shape index (κ3) is 12.8. The van der Waals surface area contributed by atoms with E-state index in [9.17, 15) is 41.5 Å². The molecule has 0 aliphatic carbocycles. The van der Waals surface area contributed by atoms with Gasteiger partial charge in [0.15, 0.2) is 12.4 Å². The summed E-state index contributed by atoms with van der Waals surface area (Å²) in [5.41, 5.74) is 9.09. The number of nitrogens with zero attached hydrogens (tertiary/aromatic N) is 1. The van der Waals surface area contributed by atoms with Gasteiger partial charge >= 0.3 is 24.3 Å². The van der Waals surface area contributed by atoms with E-state index in [0.29, 0.717) is 36.1 Å². The number of aryl methyl sites for hydroxylation is 1. The average molecular weight is 618 g/mol. The number of nitrogen functional groups attached to an aromatic ring is 1. The van der Waals surface area contributed by atoms with Crippen LogP contribution in [-0.2, 0) is 16.0 Å². The summed E-state index contributed by atoms with van der Waals surface area (Å²) in [6.07, 6.45) is -6.11. The Morgan fingerprint density at radius 2 is 1.28 bits per heavy atom. The van der Waals surface area contributed by atoms with Crippen LogP contribution in [0.25, 0.3) is 11.1 Å². The molecular formula is C26H24F6N4O7. The lowest BCUT2D eigenvalue weighted by atomic mass is 10.0. The van der Waals surface area contributed by atoms with Crippen molar-refractivity contribution in [3.63, 3.8) is 0 Å². The Hall–Kier alpha value is -5.35. The Balaban J connectivity index is 0.000000548. The number of amides is 1. The van der Waals surface area contributed by atoms with E-state index in [0.717, 1.165) is 15.9 Å². The van der Waals surface area contributed by atoms with E-state index in [1.54, 1.807) is 36.4 Å². The van der Waals surface area contributed by atoms with Crippen molar-refractivity contribution in [2.24, 2.45) is 5.73 Å². The standard InChI is InChI=1S/C22H22N4O3.2C2HF3O2/c23-21(24)19-7-8-20(27)18(14-19)2-1-11-25-22(28)17-5-3-15(4-6-17)16-9-12-26(29)13-10-16;2*3-2(4,5)1(6)7/h3-10,12-14,27H,1-2,11H2,(H3,23,24)(H,25,28);2*(H,6,7). The quantitative estimate of drug-likeness (QED) is 0.0576. The summed E-state index contributed by atoms with van der Waals surface area (Å²) in [5, 5.41) is 45.6. The largest absolute Gasteiger partial charge is 0.619 e. The van der Waals surface area contributed by atoms with Gasteiger partial charge in [0.25, 0.3) is 5.91 Å². The smallest absolute Gasteiger partial charge is 0.490 e. The maximum absolute atomic E-state index is 12.3. The zero-order chi connectivity index (χ0) is 33.0. The lowest BCUT2D eigenvalue weighted by molar-refractivity contribution is -0.605. The van der Waals surface area contributed by atoms with Crippen LogP contribution < -0.4 is 15.8 Å². The Labute approximate surface area is 238 Å². The minimum atomic E-state index is -5.08. The fourth-order valence-corrected chi connectivity index (χ4v) is 2.96. The molecule has 0 atom stereocenters. The number of carboxylic acids is 2. The summed E-state index contributed by atoms with van der Waals surface area (Å²) >= 11 is 0. The number of amidine groups is 1. The summed E-state index contributed by atoms with van der Waals surface area (Å²) in [4.78, 5) is 30.1. The molecule has 0 unspecified atom stereocenters. The summed E-state index contributed by atoms with van der Waals surface area (Å²) in [6.45, 7) is 0.451. The van der Waals surface area contributed by atoms with E-state index in [-0.39, 0.29) is 17.5 Å². The number of phenolic OH excluding ortho intramolecular Hbond substituents is 1. The van der Waals surface area contributed by atoms with Crippen molar-refractivity contribution in [2.45, 2.75) is 25.2 Å². The number of pyridine rings is 1. The lowest BCUT2D eigenvalue weighted by Crippen LogP contribution is -2.24. The molecule has 232 valence electrons. The zero-order valence-electron chi connectivity index (χ0n) is 21.7. The third-order valence-corrected chi connectivity index (χ3v) is 5.07. The number of benzene rings is 2. The number of carbonyl (C=O) groups is 3. The molecule has 0 aliphatic rings. The Morgan fingerprint density at radius 1 is 0.837 bits per heavy atom. The van der Waals surface area contributed by atoms with Gasteiger partial charge in [-0.05, 0) is 59.9 Å². The van der Waals surface area contributed by atoms with Crippen molar-refractivity contribution in [1.82, 2.24) is 5.32 Å². The van der Waals surface area contributed by atoms with Gasteiger partial charge in [0.05, 0.1) is 0 Å². The predicted octanol–water partition coefficient (Wildman–Crippen LogP) is 3.61. The number of nitrogens with one attached hydrogen (secondary N) is 2. The van der Waals surface area contributed by atoms with Crippen LogP contribution in [0.3, 0.4) is 0 Å². The highest BCUT2D eigenvalue weighted by atomic mass is 19.4. The maximum Gasteiger partial charge on any atom is 0.490 e. The Kier molecular flexibility index (Phi) is 12.9. The Morgan fingerprint density at radius 3 is 1.72 bits per heavy atom. The molecule has 0 aliphatic heterocycles. The fourth-order valence-electron chi connectivity index (χ4n) is 2.96. The van der Waals surface area contributed by atoms with E-state index in [4.69, 9.17) is 30.9 Å². The second-order valence-corrected chi connectivity index (χ2v) is 8.25. The van der Waals surface area contributed by atoms with Crippen LogP contribution in [0.2, 0.25) is 0 Å². The molecule has 0 spiro atoms. The highest BCUT2D eigenvalue weighted by Crippen LogP contribution is 2.21. The molecule has 3 aromatic rings. The number of alkyl halides is 6. The topological polar surface area (TPSA) is 201 Å². The highest BCUT2D eigenvalue weighted by Gasteiger charge is 2.38. The van der Waals surface area contributed by atoms with Crippen LogP contribution in [0.1, 0.15) is 27.9 Å². The summed E-state index contributed by atoms with van der Waals surface area (Å²) < 4.78 is 64.2. The number of carbonyl (C=O) groups excluding carboxylic acids is 1. The van der Waals surface area contributed by atoms with Crippen molar-refractivity contribution < 1.29 is 60.8 Å².